The van der Waals surface area contributed by atoms with Crippen LogP contribution in [0.1, 0.15) is 10.5 Å². The van der Waals surface area contributed by atoms with Gasteiger partial charge < -0.3 is 14.6 Å². The van der Waals surface area contributed by atoms with Crippen molar-refractivity contribution >= 4 is 15.9 Å². The molecule has 0 aliphatic carbocycles. The molecule has 1 aromatic heterocycles. The van der Waals surface area contributed by atoms with Crippen molar-refractivity contribution in [1.29, 1.82) is 0 Å². The Kier molecular flexibility index (Phi) is 5.36. The number of aromatic nitrogens is 1. The van der Waals surface area contributed by atoms with E-state index >= 15 is 0 Å². The van der Waals surface area contributed by atoms with Crippen LogP contribution in [-0.2, 0) is 21.3 Å². The zero-order chi connectivity index (χ0) is 16.3. The van der Waals surface area contributed by atoms with E-state index in [0.29, 0.717) is 0 Å². The predicted molar refractivity (Wildman–Crippen MR) is 66.1 cm³/mol. The lowest BCUT2D eigenvalue weighted by Gasteiger charge is -2.10. The summed E-state index contributed by atoms with van der Waals surface area (Å²) in [4.78, 5) is 11.3. The SMILES string of the molecule is COCCn1cc(S(N)(=O)=O)cc1C(=O)NCC(F)(F)F. The standard InChI is InChI=1S/C10H14F3N3O4S/c1-20-3-2-16-5-7(21(14,18)19)4-8(16)9(17)15-6-10(11,12)13/h4-5H,2-3,6H2,1H3,(H,15,17)(H2,14,18,19). The van der Waals surface area contributed by atoms with Crippen molar-refractivity contribution in [1.82, 2.24) is 9.88 Å². The normalized spacial score (nSPS) is 12.4. The molecule has 0 saturated heterocycles. The minimum atomic E-state index is -4.57. The number of amides is 1. The van der Waals surface area contributed by atoms with E-state index in [1.54, 1.807) is 5.32 Å². The molecule has 1 aromatic rings. The molecule has 120 valence electrons. The maximum Gasteiger partial charge on any atom is 0.405 e. The Morgan fingerprint density at radius 1 is 1.48 bits per heavy atom. The first-order valence-electron chi connectivity index (χ1n) is 5.61. The summed E-state index contributed by atoms with van der Waals surface area (Å²) in [6.07, 6.45) is -3.50. The quantitative estimate of drug-likeness (QED) is 0.771. The molecule has 0 radical (unpaired) electrons. The molecule has 1 rings (SSSR count). The smallest absolute Gasteiger partial charge is 0.383 e. The fourth-order valence-electron chi connectivity index (χ4n) is 1.48. The van der Waals surface area contributed by atoms with Crippen LogP contribution in [0, 0.1) is 0 Å². The van der Waals surface area contributed by atoms with E-state index in [1.807, 2.05) is 0 Å². The monoisotopic (exact) mass is 329 g/mol. The number of nitrogens with one attached hydrogen (secondary N) is 1. The summed E-state index contributed by atoms with van der Waals surface area (Å²) in [7, 11) is -2.69. The third-order valence-electron chi connectivity index (χ3n) is 2.42. The number of nitrogens with zero attached hydrogens (tertiary/aromatic N) is 1. The maximum absolute atomic E-state index is 12.1. The lowest BCUT2D eigenvalue weighted by Crippen LogP contribution is -2.34. The summed E-state index contributed by atoms with van der Waals surface area (Å²) in [5.41, 5.74) is -0.250. The highest BCUT2D eigenvalue weighted by molar-refractivity contribution is 7.89. The number of ether oxygens (including phenoxy) is 1. The molecular formula is C10H14F3N3O4S. The number of carbonyl (C=O) groups excluding carboxylic acids is 1. The molecule has 11 heteroatoms. The van der Waals surface area contributed by atoms with Crippen molar-refractivity contribution in [2.45, 2.75) is 17.6 Å². The minimum absolute atomic E-state index is 0.0841. The van der Waals surface area contributed by atoms with Crippen LogP contribution in [0.15, 0.2) is 17.2 Å². The molecule has 0 aromatic carbocycles. The highest BCUT2D eigenvalue weighted by Crippen LogP contribution is 2.15. The van der Waals surface area contributed by atoms with Crippen molar-refractivity contribution in [3.05, 3.63) is 18.0 Å². The fourth-order valence-corrected chi connectivity index (χ4v) is 2.03. The van der Waals surface area contributed by atoms with Gasteiger partial charge in [0.05, 0.1) is 6.61 Å². The summed E-state index contributed by atoms with van der Waals surface area (Å²) in [5, 5.41) is 6.59. The minimum Gasteiger partial charge on any atom is -0.383 e. The number of halogens is 3. The Morgan fingerprint density at radius 3 is 2.57 bits per heavy atom. The number of rotatable bonds is 6. The molecule has 1 heterocycles. The van der Waals surface area contributed by atoms with Crippen molar-refractivity contribution in [3.63, 3.8) is 0 Å². The molecule has 3 N–H and O–H groups in total. The van der Waals surface area contributed by atoms with Gasteiger partial charge in [0, 0.05) is 19.9 Å². The van der Waals surface area contributed by atoms with Gasteiger partial charge in [0.15, 0.2) is 0 Å². The van der Waals surface area contributed by atoms with Gasteiger partial charge in [-0.05, 0) is 6.07 Å². The Bertz CT molecular complexity index is 610. The van der Waals surface area contributed by atoms with E-state index in [0.717, 1.165) is 16.8 Å². The fraction of sp³-hybridized carbons (Fsp3) is 0.500. The molecule has 7 nitrogen and oxygen atoms in total. The van der Waals surface area contributed by atoms with Gasteiger partial charge in [-0.15, -0.1) is 0 Å². The molecule has 0 fully saturated rings. The first-order chi connectivity index (χ1) is 9.54. The zero-order valence-electron chi connectivity index (χ0n) is 11.0. The highest BCUT2D eigenvalue weighted by Gasteiger charge is 2.29. The van der Waals surface area contributed by atoms with Gasteiger partial charge in [-0.1, -0.05) is 0 Å². The van der Waals surface area contributed by atoms with Gasteiger partial charge in [-0.2, -0.15) is 13.2 Å². The molecule has 21 heavy (non-hydrogen) atoms. The molecule has 1 amide bonds. The average Bonchev–Trinajstić information content (AvgIpc) is 2.76. The maximum atomic E-state index is 12.1. The molecule has 0 atom stereocenters. The van der Waals surface area contributed by atoms with Crippen LogP contribution >= 0.6 is 0 Å². The highest BCUT2D eigenvalue weighted by atomic mass is 32.2. The zero-order valence-corrected chi connectivity index (χ0v) is 11.8. The van der Waals surface area contributed by atoms with Crippen LogP contribution in [0.4, 0.5) is 13.2 Å². The van der Waals surface area contributed by atoms with E-state index in [4.69, 9.17) is 9.88 Å². The summed E-state index contributed by atoms with van der Waals surface area (Å²) in [6.45, 7) is -1.30. The first-order valence-corrected chi connectivity index (χ1v) is 7.16. The second kappa shape index (κ2) is 6.45. The van der Waals surface area contributed by atoms with E-state index in [2.05, 4.69) is 0 Å². The second-order valence-corrected chi connectivity index (χ2v) is 5.65. The van der Waals surface area contributed by atoms with E-state index in [-0.39, 0.29) is 23.7 Å². The van der Waals surface area contributed by atoms with Crippen LogP contribution in [0.5, 0.6) is 0 Å². The predicted octanol–water partition coefficient (Wildman–Crippen LogP) is 0.0740. The molecule has 0 bridgehead atoms. The molecule has 0 aliphatic heterocycles. The number of carbonyl (C=O) groups is 1. The van der Waals surface area contributed by atoms with E-state index in [1.165, 1.54) is 7.11 Å². The van der Waals surface area contributed by atoms with Crippen LogP contribution in [-0.4, -0.2) is 45.3 Å². The third-order valence-corrected chi connectivity index (χ3v) is 3.30. The summed E-state index contributed by atoms with van der Waals surface area (Å²) < 4.78 is 64.6. The number of sulfonamides is 1. The van der Waals surface area contributed by atoms with Crippen molar-refractivity contribution in [2.75, 3.05) is 20.3 Å². The van der Waals surface area contributed by atoms with Gasteiger partial charge in [0.2, 0.25) is 10.0 Å². The Balaban J connectivity index is 3.02. The van der Waals surface area contributed by atoms with Gasteiger partial charge >= 0.3 is 6.18 Å². The van der Waals surface area contributed by atoms with E-state index in [9.17, 15) is 26.4 Å². The van der Waals surface area contributed by atoms with Crippen LogP contribution < -0.4 is 10.5 Å². The number of hydrogen-bond acceptors (Lipinski definition) is 4. The van der Waals surface area contributed by atoms with Gasteiger partial charge in [0.1, 0.15) is 17.1 Å². The topological polar surface area (TPSA) is 103 Å². The summed E-state index contributed by atoms with van der Waals surface area (Å²) >= 11 is 0. The second-order valence-electron chi connectivity index (χ2n) is 4.09. The lowest BCUT2D eigenvalue weighted by molar-refractivity contribution is -0.123. The van der Waals surface area contributed by atoms with Gasteiger partial charge in [-0.3, -0.25) is 4.79 Å². The van der Waals surface area contributed by atoms with E-state index < -0.39 is 28.7 Å². The van der Waals surface area contributed by atoms with Crippen molar-refractivity contribution < 1.29 is 31.1 Å². The van der Waals surface area contributed by atoms with Crippen molar-refractivity contribution in [3.8, 4) is 0 Å². The molecular weight excluding hydrogens is 315 g/mol. The number of alkyl halides is 3. The number of hydrogen-bond donors (Lipinski definition) is 2. The third kappa shape index (κ3) is 5.36. The summed E-state index contributed by atoms with van der Waals surface area (Å²) in [6, 6.07) is 0.913. The van der Waals surface area contributed by atoms with Crippen LogP contribution in [0.25, 0.3) is 0 Å². The van der Waals surface area contributed by atoms with Gasteiger partial charge in [-0.25, -0.2) is 13.6 Å². The molecule has 0 unspecified atom stereocenters. The average molecular weight is 329 g/mol. The molecule has 0 saturated carbocycles. The Hall–Kier alpha value is -1.59. The summed E-state index contributed by atoms with van der Waals surface area (Å²) in [5.74, 6) is -1.06. The van der Waals surface area contributed by atoms with Crippen LogP contribution in [0.3, 0.4) is 0 Å². The lowest BCUT2D eigenvalue weighted by atomic mass is 10.4. The number of methoxy groups -OCH3 is 1. The van der Waals surface area contributed by atoms with Crippen LogP contribution in [0.2, 0.25) is 0 Å². The van der Waals surface area contributed by atoms with Gasteiger partial charge in [0.25, 0.3) is 5.91 Å². The number of nitrogens with two attached hydrogens (primary N) is 1. The first kappa shape index (κ1) is 17.5. The Labute approximate surface area is 118 Å². The molecule has 0 spiro atoms. The van der Waals surface area contributed by atoms with Crippen molar-refractivity contribution in [2.24, 2.45) is 5.14 Å². The largest absolute Gasteiger partial charge is 0.405 e. The number of primary sulfonamides is 1. The molecule has 0 aliphatic rings. The Morgan fingerprint density at radius 2 is 2.10 bits per heavy atom.